The Kier molecular flexibility index (Phi) is 4.54. The van der Waals surface area contributed by atoms with Crippen LogP contribution in [0.25, 0.3) is 0 Å². The molecule has 1 aromatic rings. The van der Waals surface area contributed by atoms with E-state index in [1.54, 1.807) is 0 Å². The summed E-state index contributed by atoms with van der Waals surface area (Å²) < 4.78 is 33.9. The molecule has 2 atom stereocenters. The second-order valence-corrected chi connectivity index (χ2v) is 7.99. The summed E-state index contributed by atoms with van der Waals surface area (Å²) in [4.78, 5) is 2.37. The number of rotatable bonds is 4. The van der Waals surface area contributed by atoms with Crippen molar-refractivity contribution in [3.05, 3.63) is 35.9 Å². The Morgan fingerprint density at radius 1 is 1.36 bits per heavy atom. The molecule has 0 N–H and O–H groups in total. The van der Waals surface area contributed by atoms with Gasteiger partial charge in [0.2, 0.25) is 0 Å². The van der Waals surface area contributed by atoms with E-state index in [1.807, 2.05) is 18.2 Å². The molecule has 1 aromatic carbocycles. The molecule has 0 unspecified atom stereocenters. The molecule has 2 aliphatic rings. The van der Waals surface area contributed by atoms with Gasteiger partial charge in [0, 0.05) is 32.7 Å². The number of hydrogen-bond donors (Lipinski definition) is 0. The first kappa shape index (κ1) is 15.9. The van der Waals surface area contributed by atoms with Crippen molar-refractivity contribution in [2.75, 3.05) is 26.0 Å². The van der Waals surface area contributed by atoms with Crippen molar-refractivity contribution in [2.24, 2.45) is 0 Å². The molecule has 0 amide bonds. The number of ether oxygens (including phenoxy) is 1. The van der Waals surface area contributed by atoms with E-state index in [-0.39, 0.29) is 11.7 Å². The highest BCUT2D eigenvalue weighted by molar-refractivity contribution is 7.86. The lowest BCUT2D eigenvalue weighted by molar-refractivity contribution is -0.103. The molecule has 2 heterocycles. The average Bonchev–Trinajstić information content (AvgIpc) is 2.80. The Labute approximate surface area is 132 Å². The largest absolute Gasteiger partial charge is 0.373 e. The molecule has 0 aliphatic carbocycles. The zero-order chi connectivity index (χ0) is 15.6. The summed E-state index contributed by atoms with van der Waals surface area (Å²) in [6, 6.07) is 10.4. The van der Waals surface area contributed by atoms with Crippen LogP contribution in [0.2, 0.25) is 0 Å². The third-order valence-electron chi connectivity index (χ3n) is 4.40. The fourth-order valence-corrected chi connectivity index (χ4v) is 4.16. The molecule has 0 aromatic heterocycles. The van der Waals surface area contributed by atoms with Crippen LogP contribution in [0.5, 0.6) is 0 Å². The van der Waals surface area contributed by atoms with Crippen LogP contribution in [0, 0.1) is 0 Å². The molecule has 122 valence electrons. The van der Waals surface area contributed by atoms with Crippen LogP contribution < -0.4 is 0 Å². The molecular weight excluding hydrogens is 302 g/mol. The summed E-state index contributed by atoms with van der Waals surface area (Å²) in [5.41, 5.74) is 1.04. The predicted molar refractivity (Wildman–Crippen MR) is 84.0 cm³/mol. The Morgan fingerprint density at radius 2 is 2.14 bits per heavy atom. The van der Waals surface area contributed by atoms with Crippen LogP contribution in [-0.4, -0.2) is 51.0 Å². The van der Waals surface area contributed by atoms with E-state index in [9.17, 15) is 8.42 Å². The zero-order valence-corrected chi connectivity index (χ0v) is 13.7. The first-order valence-electron chi connectivity index (χ1n) is 7.73. The van der Waals surface area contributed by atoms with Crippen LogP contribution in [-0.2, 0) is 25.6 Å². The third-order valence-corrected chi connectivity index (χ3v) is 5.02. The van der Waals surface area contributed by atoms with Gasteiger partial charge < -0.3 is 4.74 Å². The van der Waals surface area contributed by atoms with Gasteiger partial charge in [0.15, 0.2) is 0 Å². The van der Waals surface area contributed by atoms with Crippen molar-refractivity contribution in [1.29, 1.82) is 0 Å². The molecule has 2 fully saturated rings. The quantitative estimate of drug-likeness (QED) is 0.790. The maximum absolute atomic E-state index is 11.3. The summed E-state index contributed by atoms with van der Waals surface area (Å²) in [5, 5.41) is 0. The summed E-state index contributed by atoms with van der Waals surface area (Å²) in [5.74, 6) is 0. The molecular formula is C16H23NO4S. The molecule has 0 bridgehead atoms. The van der Waals surface area contributed by atoms with Crippen molar-refractivity contribution in [2.45, 2.75) is 37.5 Å². The predicted octanol–water partition coefficient (Wildman–Crippen LogP) is 1.79. The van der Waals surface area contributed by atoms with Gasteiger partial charge in [-0.3, -0.25) is 9.08 Å². The van der Waals surface area contributed by atoms with Crippen molar-refractivity contribution in [1.82, 2.24) is 4.90 Å². The minimum absolute atomic E-state index is 0.248. The molecule has 0 radical (unpaired) electrons. The Hall–Kier alpha value is -0.950. The van der Waals surface area contributed by atoms with Gasteiger partial charge >= 0.3 is 0 Å². The van der Waals surface area contributed by atoms with Crippen LogP contribution in [0.15, 0.2) is 30.3 Å². The normalized spacial score (nSPS) is 30.0. The summed E-state index contributed by atoms with van der Waals surface area (Å²) in [7, 11) is -3.40. The van der Waals surface area contributed by atoms with E-state index in [4.69, 9.17) is 8.92 Å². The van der Waals surface area contributed by atoms with Crippen LogP contribution in [0.1, 0.15) is 24.8 Å². The monoisotopic (exact) mass is 325 g/mol. The first-order valence-corrected chi connectivity index (χ1v) is 9.54. The van der Waals surface area contributed by atoms with Gasteiger partial charge in [0.05, 0.1) is 18.0 Å². The van der Waals surface area contributed by atoms with E-state index in [0.717, 1.165) is 32.3 Å². The highest BCUT2D eigenvalue weighted by Gasteiger charge is 2.44. The van der Waals surface area contributed by atoms with Crippen LogP contribution >= 0.6 is 0 Å². The van der Waals surface area contributed by atoms with Gasteiger partial charge in [-0.2, -0.15) is 8.42 Å². The fraction of sp³-hybridized carbons (Fsp3) is 0.625. The number of nitrogens with zero attached hydrogens (tertiary/aromatic N) is 1. The van der Waals surface area contributed by atoms with Crippen molar-refractivity contribution < 1.29 is 17.3 Å². The lowest BCUT2D eigenvalue weighted by Gasteiger charge is -2.37. The Bertz CT molecular complexity index is 604. The second-order valence-electron chi connectivity index (χ2n) is 6.39. The van der Waals surface area contributed by atoms with Crippen molar-refractivity contribution >= 4 is 10.1 Å². The standard InChI is InChI=1S/C16H23NO4S/c1-22(18,19)21-15-7-10-20-16(11-15)8-9-17(13-16)12-14-5-3-2-4-6-14/h2-6,15H,7-13H2,1H3/t15-,16+/m1/s1. The van der Waals surface area contributed by atoms with Crippen LogP contribution in [0.4, 0.5) is 0 Å². The average molecular weight is 325 g/mol. The van der Waals surface area contributed by atoms with E-state index < -0.39 is 10.1 Å². The first-order chi connectivity index (χ1) is 10.4. The highest BCUT2D eigenvalue weighted by atomic mass is 32.2. The van der Waals surface area contributed by atoms with E-state index >= 15 is 0 Å². The minimum atomic E-state index is -3.40. The molecule has 3 rings (SSSR count). The van der Waals surface area contributed by atoms with Gasteiger partial charge in [-0.25, -0.2) is 0 Å². The number of likely N-dealkylation sites (tertiary alicyclic amines) is 1. The topological polar surface area (TPSA) is 55.8 Å². The highest BCUT2D eigenvalue weighted by Crippen LogP contribution is 2.36. The number of hydrogen-bond acceptors (Lipinski definition) is 5. The fourth-order valence-electron chi connectivity index (χ4n) is 3.50. The second kappa shape index (κ2) is 6.28. The molecule has 6 heteroatoms. The van der Waals surface area contributed by atoms with E-state index in [2.05, 4.69) is 17.0 Å². The molecule has 0 saturated carbocycles. The minimum Gasteiger partial charge on any atom is -0.373 e. The van der Waals surface area contributed by atoms with E-state index in [1.165, 1.54) is 5.56 Å². The SMILES string of the molecule is CS(=O)(=O)O[C@@H]1CCO[C@@]2(CCN(Cc3ccccc3)C2)C1. The van der Waals surface area contributed by atoms with Gasteiger partial charge in [0.25, 0.3) is 10.1 Å². The Morgan fingerprint density at radius 3 is 2.86 bits per heavy atom. The summed E-state index contributed by atoms with van der Waals surface area (Å²) >= 11 is 0. The van der Waals surface area contributed by atoms with E-state index in [0.29, 0.717) is 19.4 Å². The Balaban J connectivity index is 1.60. The molecule has 22 heavy (non-hydrogen) atoms. The summed E-state index contributed by atoms with van der Waals surface area (Å²) in [6.07, 6.45) is 3.11. The molecule has 1 spiro atoms. The van der Waals surface area contributed by atoms with Crippen molar-refractivity contribution in [3.63, 3.8) is 0 Å². The maximum Gasteiger partial charge on any atom is 0.264 e. The van der Waals surface area contributed by atoms with Crippen LogP contribution in [0.3, 0.4) is 0 Å². The van der Waals surface area contributed by atoms with Gasteiger partial charge in [-0.05, 0) is 18.4 Å². The molecule has 2 aliphatic heterocycles. The lowest BCUT2D eigenvalue weighted by Crippen LogP contribution is -2.45. The van der Waals surface area contributed by atoms with Gasteiger partial charge in [-0.15, -0.1) is 0 Å². The lowest BCUT2D eigenvalue weighted by atomic mass is 9.91. The van der Waals surface area contributed by atoms with Gasteiger partial charge in [-0.1, -0.05) is 30.3 Å². The van der Waals surface area contributed by atoms with Gasteiger partial charge in [0.1, 0.15) is 0 Å². The molecule has 5 nitrogen and oxygen atoms in total. The number of benzene rings is 1. The third kappa shape index (κ3) is 4.07. The maximum atomic E-state index is 11.3. The zero-order valence-electron chi connectivity index (χ0n) is 12.9. The summed E-state index contributed by atoms with van der Waals surface area (Å²) in [6.45, 7) is 3.29. The smallest absolute Gasteiger partial charge is 0.264 e. The molecule has 2 saturated heterocycles. The van der Waals surface area contributed by atoms with Crippen molar-refractivity contribution in [3.8, 4) is 0 Å².